The molecule has 0 aromatic carbocycles. The lowest BCUT2D eigenvalue weighted by atomic mass is 10.1. The molecule has 132 valence electrons. The second kappa shape index (κ2) is 10.6. The van der Waals surface area contributed by atoms with Crippen molar-refractivity contribution in [2.24, 2.45) is 0 Å². The summed E-state index contributed by atoms with van der Waals surface area (Å²) in [6.07, 6.45) is 10.7. The zero-order valence-electron chi connectivity index (χ0n) is 15.2. The Labute approximate surface area is 144 Å². The van der Waals surface area contributed by atoms with E-state index in [1.165, 1.54) is 0 Å². The summed E-state index contributed by atoms with van der Waals surface area (Å²) in [4.78, 5) is 23.7. The average molecular weight is 332 g/mol. The smallest absolute Gasteiger partial charge is 0.333 e. The molecule has 0 N–H and O–H groups in total. The lowest BCUT2D eigenvalue weighted by Gasteiger charge is -2.06. The van der Waals surface area contributed by atoms with E-state index in [-0.39, 0.29) is 25.2 Å². The van der Waals surface area contributed by atoms with Crippen LogP contribution in [-0.4, -0.2) is 25.2 Å². The summed E-state index contributed by atoms with van der Waals surface area (Å²) in [6.45, 7) is 8.07. The van der Waals surface area contributed by atoms with Gasteiger partial charge in [-0.1, -0.05) is 23.3 Å². The number of allylic oxidation sites excluding steroid dienone is 4. The molecule has 1 heterocycles. The summed E-state index contributed by atoms with van der Waals surface area (Å²) in [5, 5.41) is 0. The van der Waals surface area contributed by atoms with Gasteiger partial charge in [-0.2, -0.15) is 0 Å². The summed E-state index contributed by atoms with van der Waals surface area (Å²) in [5.74, 6) is -0.544. The van der Waals surface area contributed by atoms with E-state index in [0.29, 0.717) is 11.1 Å². The second-order valence-corrected chi connectivity index (χ2v) is 6.15. The van der Waals surface area contributed by atoms with E-state index in [0.717, 1.165) is 36.8 Å². The molecule has 0 radical (unpaired) electrons. The molecule has 0 saturated carbocycles. The van der Waals surface area contributed by atoms with E-state index in [1.54, 1.807) is 13.8 Å². The van der Waals surface area contributed by atoms with Gasteiger partial charge in [-0.25, -0.2) is 9.59 Å². The summed E-state index contributed by atoms with van der Waals surface area (Å²) in [6, 6.07) is 0. The molecule has 1 aliphatic heterocycles. The molecule has 0 unspecified atom stereocenters. The molecule has 4 heteroatoms. The van der Waals surface area contributed by atoms with Crippen LogP contribution in [-0.2, 0) is 19.1 Å². The lowest BCUT2D eigenvalue weighted by Crippen LogP contribution is -2.07. The highest BCUT2D eigenvalue weighted by atomic mass is 16.5. The van der Waals surface area contributed by atoms with Crippen LogP contribution < -0.4 is 0 Å². The van der Waals surface area contributed by atoms with Crippen molar-refractivity contribution in [2.45, 2.75) is 53.4 Å². The van der Waals surface area contributed by atoms with Crippen molar-refractivity contribution in [3.8, 4) is 0 Å². The first kappa shape index (κ1) is 19.9. The SMILES string of the molecule is C/C1=C\COC(=O)/C(C)=C/CC/C(C)=C/COC(=O)/C(C)=C/CC1. The molecule has 0 atom stereocenters. The number of ether oxygens (including phenoxy) is 2. The number of carbonyl (C=O) groups excluding carboxylic acids is 2. The molecular weight excluding hydrogens is 304 g/mol. The van der Waals surface area contributed by atoms with Crippen LogP contribution in [0.3, 0.4) is 0 Å². The largest absolute Gasteiger partial charge is 0.458 e. The topological polar surface area (TPSA) is 52.6 Å². The van der Waals surface area contributed by atoms with Crippen LogP contribution in [0.5, 0.6) is 0 Å². The van der Waals surface area contributed by atoms with E-state index in [9.17, 15) is 9.59 Å². The van der Waals surface area contributed by atoms with Crippen LogP contribution in [0.15, 0.2) is 46.6 Å². The van der Waals surface area contributed by atoms with Gasteiger partial charge in [0.05, 0.1) is 0 Å². The zero-order valence-corrected chi connectivity index (χ0v) is 15.2. The lowest BCUT2D eigenvalue weighted by molar-refractivity contribution is -0.138. The molecule has 4 nitrogen and oxygen atoms in total. The molecule has 24 heavy (non-hydrogen) atoms. The Hall–Kier alpha value is -2.10. The van der Waals surface area contributed by atoms with Crippen molar-refractivity contribution in [2.75, 3.05) is 13.2 Å². The highest BCUT2D eigenvalue weighted by Gasteiger charge is 2.06. The predicted molar refractivity (Wildman–Crippen MR) is 95.4 cm³/mol. The Kier molecular flexibility index (Phi) is 8.84. The van der Waals surface area contributed by atoms with Crippen molar-refractivity contribution < 1.29 is 19.1 Å². The summed E-state index contributed by atoms with van der Waals surface area (Å²) in [5.41, 5.74) is 3.50. The van der Waals surface area contributed by atoms with Gasteiger partial charge in [0.25, 0.3) is 0 Å². The van der Waals surface area contributed by atoms with E-state index in [4.69, 9.17) is 9.47 Å². The molecular formula is C20H28O4. The predicted octanol–water partition coefficient (Wildman–Crippen LogP) is 4.43. The Balaban J connectivity index is 2.79. The zero-order chi connectivity index (χ0) is 17.9. The normalized spacial score (nSPS) is 28.3. The quantitative estimate of drug-likeness (QED) is 0.486. The fraction of sp³-hybridized carbons (Fsp3) is 0.500. The summed E-state index contributed by atoms with van der Waals surface area (Å²) < 4.78 is 10.5. The molecule has 0 bridgehead atoms. The Bertz CT molecular complexity index is 524. The monoisotopic (exact) mass is 332 g/mol. The van der Waals surface area contributed by atoms with Crippen LogP contribution >= 0.6 is 0 Å². The van der Waals surface area contributed by atoms with Crippen LogP contribution in [0.2, 0.25) is 0 Å². The molecule has 0 aromatic heterocycles. The van der Waals surface area contributed by atoms with Crippen molar-refractivity contribution in [1.82, 2.24) is 0 Å². The van der Waals surface area contributed by atoms with Crippen LogP contribution in [0.25, 0.3) is 0 Å². The minimum absolute atomic E-state index is 0.272. The van der Waals surface area contributed by atoms with Gasteiger partial charge in [-0.05, 0) is 65.5 Å². The van der Waals surface area contributed by atoms with Gasteiger partial charge < -0.3 is 9.47 Å². The molecule has 0 aromatic rings. The highest BCUT2D eigenvalue weighted by molar-refractivity contribution is 5.88. The van der Waals surface area contributed by atoms with Crippen molar-refractivity contribution in [3.05, 3.63) is 46.6 Å². The first-order chi connectivity index (χ1) is 11.4. The van der Waals surface area contributed by atoms with Gasteiger partial charge in [0.15, 0.2) is 0 Å². The first-order valence-corrected chi connectivity index (χ1v) is 8.39. The van der Waals surface area contributed by atoms with E-state index in [2.05, 4.69) is 0 Å². The Morgan fingerprint density at radius 1 is 0.667 bits per heavy atom. The van der Waals surface area contributed by atoms with Crippen molar-refractivity contribution in [1.29, 1.82) is 0 Å². The average Bonchev–Trinajstić information content (AvgIpc) is 2.53. The summed E-state index contributed by atoms with van der Waals surface area (Å²) >= 11 is 0. The number of esters is 2. The third-order valence-electron chi connectivity index (χ3n) is 3.91. The molecule has 0 fully saturated rings. The minimum atomic E-state index is -0.272. The molecule has 0 spiro atoms. The first-order valence-electron chi connectivity index (χ1n) is 8.39. The van der Waals surface area contributed by atoms with Gasteiger partial charge in [0.2, 0.25) is 0 Å². The van der Waals surface area contributed by atoms with Gasteiger partial charge in [0.1, 0.15) is 13.2 Å². The molecule has 0 amide bonds. The number of hydrogen-bond acceptors (Lipinski definition) is 4. The Morgan fingerprint density at radius 3 is 1.42 bits per heavy atom. The maximum Gasteiger partial charge on any atom is 0.333 e. The van der Waals surface area contributed by atoms with E-state index >= 15 is 0 Å². The van der Waals surface area contributed by atoms with E-state index in [1.807, 2.05) is 38.2 Å². The van der Waals surface area contributed by atoms with Gasteiger partial charge in [0, 0.05) is 11.1 Å². The second-order valence-electron chi connectivity index (χ2n) is 6.15. The van der Waals surface area contributed by atoms with Gasteiger partial charge in [-0.15, -0.1) is 0 Å². The Morgan fingerprint density at radius 2 is 1.04 bits per heavy atom. The minimum Gasteiger partial charge on any atom is -0.458 e. The molecule has 0 saturated heterocycles. The third-order valence-corrected chi connectivity index (χ3v) is 3.91. The maximum atomic E-state index is 11.9. The van der Waals surface area contributed by atoms with Crippen LogP contribution in [0.4, 0.5) is 0 Å². The maximum absolute atomic E-state index is 11.9. The molecule has 1 rings (SSSR count). The van der Waals surface area contributed by atoms with Crippen molar-refractivity contribution >= 4 is 11.9 Å². The van der Waals surface area contributed by atoms with Crippen LogP contribution in [0, 0.1) is 0 Å². The fourth-order valence-corrected chi connectivity index (χ4v) is 2.15. The van der Waals surface area contributed by atoms with Gasteiger partial charge >= 0.3 is 11.9 Å². The van der Waals surface area contributed by atoms with Crippen molar-refractivity contribution in [3.63, 3.8) is 0 Å². The number of carbonyl (C=O) groups is 2. The van der Waals surface area contributed by atoms with E-state index < -0.39 is 0 Å². The standard InChI is InChI=1S/C20H28O4/c1-15-7-5-9-17(3)20(22)24-14-12-16(2)8-6-10-18(4)19(21)23-13-11-15/h9-12H,5-8,13-14H2,1-4H3/b15-11+,16-12+,17-9+,18-10+. The number of hydrogen-bond donors (Lipinski definition) is 0. The summed E-state index contributed by atoms with van der Waals surface area (Å²) in [7, 11) is 0. The molecule has 1 aliphatic rings. The number of rotatable bonds is 0. The molecule has 0 aliphatic carbocycles. The highest BCUT2D eigenvalue weighted by Crippen LogP contribution is 2.11. The fourth-order valence-electron chi connectivity index (χ4n) is 2.15. The third kappa shape index (κ3) is 7.95. The van der Waals surface area contributed by atoms with Gasteiger partial charge in [-0.3, -0.25) is 0 Å². The number of cyclic esters (lactones) is 2. The van der Waals surface area contributed by atoms with Crippen LogP contribution in [0.1, 0.15) is 53.4 Å².